The van der Waals surface area contributed by atoms with E-state index >= 15 is 0 Å². The topological polar surface area (TPSA) is 54.3 Å². The molecule has 0 amide bonds. The maximum atomic E-state index is 4.84. The van der Waals surface area contributed by atoms with Crippen LogP contribution in [0.3, 0.4) is 0 Å². The van der Waals surface area contributed by atoms with Gasteiger partial charge in [0.2, 0.25) is 0 Å². The van der Waals surface area contributed by atoms with Crippen molar-refractivity contribution in [3.63, 3.8) is 0 Å². The molecule has 0 aliphatic carbocycles. The lowest BCUT2D eigenvalue weighted by molar-refractivity contribution is 0.242. The zero-order chi connectivity index (χ0) is 19.5. The number of nitrogens with zero attached hydrogens (tertiary/aromatic N) is 5. The Kier molecular flexibility index (Phi) is 5.13. The van der Waals surface area contributed by atoms with Crippen molar-refractivity contribution >= 4 is 5.71 Å². The molecular weight excluding hydrogens is 358 g/mol. The fraction of sp³-hybridized carbons (Fsp3) is 0.333. The molecule has 2 aliphatic rings. The first kappa shape index (κ1) is 18.1. The maximum absolute atomic E-state index is 4.84. The average molecular weight is 383 g/mol. The van der Waals surface area contributed by atoms with Gasteiger partial charge in [-0.25, -0.2) is 9.97 Å². The van der Waals surface area contributed by atoms with Crippen LogP contribution >= 0.6 is 0 Å². The zero-order valence-electron chi connectivity index (χ0n) is 16.6. The van der Waals surface area contributed by atoms with Crippen LogP contribution in [0.1, 0.15) is 41.9 Å². The van der Waals surface area contributed by atoms with Crippen molar-refractivity contribution in [1.82, 2.24) is 19.9 Å². The van der Waals surface area contributed by atoms with Gasteiger partial charge in [0.1, 0.15) is 0 Å². The zero-order valence-corrected chi connectivity index (χ0v) is 16.6. The van der Waals surface area contributed by atoms with Crippen molar-refractivity contribution in [3.8, 4) is 11.3 Å². The van der Waals surface area contributed by atoms with Gasteiger partial charge in [-0.3, -0.25) is 14.9 Å². The van der Waals surface area contributed by atoms with Crippen molar-refractivity contribution in [2.75, 3.05) is 13.1 Å². The molecule has 0 radical (unpaired) electrons. The van der Waals surface area contributed by atoms with Crippen molar-refractivity contribution in [3.05, 3.63) is 77.5 Å². The molecule has 5 nitrogen and oxygen atoms in total. The van der Waals surface area contributed by atoms with E-state index < -0.39 is 0 Å². The van der Waals surface area contributed by atoms with Crippen molar-refractivity contribution < 1.29 is 0 Å². The number of rotatable bonds is 4. The molecule has 0 saturated heterocycles. The number of benzene rings is 1. The molecule has 29 heavy (non-hydrogen) atoms. The number of aromatic nitrogens is 3. The molecule has 0 spiro atoms. The Bertz CT molecular complexity index is 1010. The summed E-state index contributed by atoms with van der Waals surface area (Å²) in [6.45, 7) is 3.72. The Balaban J connectivity index is 1.26. The summed E-state index contributed by atoms with van der Waals surface area (Å²) in [6.07, 6.45) is 8.37. The fourth-order valence-corrected chi connectivity index (χ4v) is 4.08. The predicted octanol–water partition coefficient (Wildman–Crippen LogP) is 4.07. The minimum absolute atomic E-state index is 0.845. The highest BCUT2D eigenvalue weighted by molar-refractivity contribution is 5.97. The van der Waals surface area contributed by atoms with E-state index in [4.69, 9.17) is 4.98 Å². The van der Waals surface area contributed by atoms with Crippen LogP contribution in [0.5, 0.6) is 0 Å². The highest BCUT2D eigenvalue weighted by Gasteiger charge is 2.20. The lowest BCUT2D eigenvalue weighted by atomic mass is 10.0. The first-order valence-corrected chi connectivity index (χ1v) is 10.5. The molecule has 146 valence electrons. The molecule has 2 aromatic heterocycles. The summed E-state index contributed by atoms with van der Waals surface area (Å²) < 4.78 is 0. The van der Waals surface area contributed by atoms with Gasteiger partial charge in [0, 0.05) is 56.1 Å². The van der Waals surface area contributed by atoms with Gasteiger partial charge in [-0.05, 0) is 30.9 Å². The molecule has 0 bridgehead atoms. The first-order valence-electron chi connectivity index (χ1n) is 10.5. The van der Waals surface area contributed by atoms with E-state index in [2.05, 4.69) is 44.1 Å². The van der Waals surface area contributed by atoms with E-state index in [-0.39, 0.29) is 0 Å². The Labute approximate surface area is 171 Å². The van der Waals surface area contributed by atoms with Gasteiger partial charge in [-0.15, -0.1) is 0 Å². The summed E-state index contributed by atoms with van der Waals surface area (Å²) in [6, 6.07) is 14.6. The smallest absolute Gasteiger partial charge is 0.173 e. The number of hydrogen-bond acceptors (Lipinski definition) is 5. The SMILES string of the molecule is c1ccc(-c2ccc(CN3CCc4nc(C5=NCCCC5)ncc4C3)cn2)cc1. The largest absolute Gasteiger partial charge is 0.294 e. The third-order valence-corrected chi connectivity index (χ3v) is 5.70. The Hall–Kier alpha value is -2.92. The van der Waals surface area contributed by atoms with Crippen molar-refractivity contribution in [2.24, 2.45) is 4.99 Å². The summed E-state index contributed by atoms with van der Waals surface area (Å²) in [5.41, 5.74) is 6.93. The lowest BCUT2D eigenvalue weighted by Crippen LogP contribution is -2.31. The Morgan fingerprint density at radius 2 is 1.83 bits per heavy atom. The van der Waals surface area contributed by atoms with E-state index in [1.54, 1.807) is 0 Å². The number of hydrogen-bond donors (Lipinski definition) is 0. The van der Waals surface area contributed by atoms with Gasteiger partial charge in [-0.2, -0.15) is 0 Å². The van der Waals surface area contributed by atoms with Gasteiger partial charge < -0.3 is 0 Å². The summed E-state index contributed by atoms with van der Waals surface area (Å²) in [5, 5.41) is 0. The fourth-order valence-electron chi connectivity index (χ4n) is 4.08. The standard InChI is InChI=1S/C24H25N5/c1-2-6-19(7-3-1)21-10-9-18(14-26-21)16-29-13-11-22-20(17-29)15-27-24(28-22)23-8-4-5-12-25-23/h1-3,6-7,9-10,14-15H,4-5,8,11-13,16-17H2. The van der Waals surface area contributed by atoms with Gasteiger partial charge in [0.15, 0.2) is 5.82 Å². The summed E-state index contributed by atoms with van der Waals surface area (Å²) in [4.78, 5) is 21.2. The minimum atomic E-state index is 0.845. The van der Waals surface area contributed by atoms with E-state index in [0.29, 0.717) is 0 Å². The molecule has 1 aromatic carbocycles. The van der Waals surface area contributed by atoms with Crippen LogP contribution in [-0.4, -0.2) is 38.7 Å². The Morgan fingerprint density at radius 3 is 2.62 bits per heavy atom. The molecule has 2 aliphatic heterocycles. The number of pyridine rings is 1. The predicted molar refractivity (Wildman–Crippen MR) is 115 cm³/mol. The van der Waals surface area contributed by atoms with E-state index in [9.17, 15) is 0 Å². The molecular formula is C24H25N5. The highest BCUT2D eigenvalue weighted by Crippen LogP contribution is 2.21. The van der Waals surface area contributed by atoms with Gasteiger partial charge >= 0.3 is 0 Å². The molecule has 0 saturated carbocycles. The van der Waals surface area contributed by atoms with Crippen LogP contribution in [0.2, 0.25) is 0 Å². The summed E-state index contributed by atoms with van der Waals surface area (Å²) in [7, 11) is 0. The van der Waals surface area contributed by atoms with E-state index in [1.165, 1.54) is 29.7 Å². The van der Waals surface area contributed by atoms with Gasteiger partial charge in [0.25, 0.3) is 0 Å². The maximum Gasteiger partial charge on any atom is 0.173 e. The average Bonchev–Trinajstić information content (AvgIpc) is 2.80. The molecule has 3 aromatic rings. The highest BCUT2D eigenvalue weighted by atomic mass is 15.1. The number of fused-ring (bicyclic) bond motifs is 1. The second-order valence-corrected chi connectivity index (χ2v) is 7.83. The first-order chi connectivity index (χ1) is 14.3. The normalized spacial score (nSPS) is 16.9. The summed E-state index contributed by atoms with van der Waals surface area (Å²) >= 11 is 0. The van der Waals surface area contributed by atoms with E-state index in [1.807, 2.05) is 30.6 Å². The molecule has 0 fully saturated rings. The Morgan fingerprint density at radius 1 is 0.897 bits per heavy atom. The van der Waals surface area contributed by atoms with Crippen molar-refractivity contribution in [2.45, 2.75) is 38.8 Å². The molecule has 0 unspecified atom stereocenters. The molecule has 0 N–H and O–H groups in total. The molecule has 0 atom stereocenters. The third kappa shape index (κ3) is 4.10. The second-order valence-electron chi connectivity index (χ2n) is 7.83. The molecule has 5 heteroatoms. The number of aliphatic imine (C=N–C) groups is 1. The minimum Gasteiger partial charge on any atom is -0.294 e. The van der Waals surface area contributed by atoms with Gasteiger partial charge in [-0.1, -0.05) is 36.4 Å². The molecule has 4 heterocycles. The van der Waals surface area contributed by atoms with Crippen LogP contribution in [0.25, 0.3) is 11.3 Å². The monoisotopic (exact) mass is 383 g/mol. The van der Waals surface area contributed by atoms with Crippen LogP contribution in [0.4, 0.5) is 0 Å². The van der Waals surface area contributed by atoms with Crippen LogP contribution in [-0.2, 0) is 19.5 Å². The third-order valence-electron chi connectivity index (χ3n) is 5.70. The van der Waals surface area contributed by atoms with E-state index in [0.717, 1.165) is 61.8 Å². The quantitative estimate of drug-likeness (QED) is 0.681. The van der Waals surface area contributed by atoms with Crippen LogP contribution < -0.4 is 0 Å². The van der Waals surface area contributed by atoms with Gasteiger partial charge in [0.05, 0.1) is 17.1 Å². The lowest BCUT2D eigenvalue weighted by Gasteiger charge is -2.28. The van der Waals surface area contributed by atoms with Crippen molar-refractivity contribution in [1.29, 1.82) is 0 Å². The summed E-state index contributed by atoms with van der Waals surface area (Å²) in [5.74, 6) is 0.845. The van der Waals surface area contributed by atoms with Crippen LogP contribution in [0, 0.1) is 0 Å². The van der Waals surface area contributed by atoms with Crippen LogP contribution in [0.15, 0.2) is 59.9 Å². The molecule has 5 rings (SSSR count). The second kappa shape index (κ2) is 8.21.